The highest BCUT2D eigenvalue weighted by Gasteiger charge is 2.58. The van der Waals surface area contributed by atoms with Gasteiger partial charge in [0.1, 0.15) is 0 Å². The fraction of sp³-hybridized carbons (Fsp3) is 0.250. The summed E-state index contributed by atoms with van der Waals surface area (Å²) in [7, 11) is -2.60. The van der Waals surface area contributed by atoms with Crippen molar-refractivity contribution in [2.24, 2.45) is 0 Å². The third kappa shape index (κ3) is 4.33. The number of hydrogen-bond acceptors (Lipinski definition) is 4. The molecule has 0 radical (unpaired) electrons. The van der Waals surface area contributed by atoms with Crippen LogP contribution >= 0.6 is 22.7 Å². The summed E-state index contributed by atoms with van der Waals surface area (Å²) in [5.74, 6) is 0. The smallest absolute Gasteiger partial charge is 0.276 e. The Balaban J connectivity index is 2.05. The zero-order valence-electron chi connectivity index (χ0n) is 22.3. The summed E-state index contributed by atoms with van der Waals surface area (Å²) in [6, 6.07) is 31.5. The molecule has 5 heteroatoms. The Bertz CT molecular complexity index is 1240. The van der Waals surface area contributed by atoms with E-state index in [0.29, 0.717) is 0 Å². The van der Waals surface area contributed by atoms with Crippen LogP contribution in [0.1, 0.15) is 48.6 Å². The van der Waals surface area contributed by atoms with Crippen molar-refractivity contribution in [3.05, 3.63) is 117 Å². The van der Waals surface area contributed by atoms with Crippen LogP contribution in [0.15, 0.2) is 95.7 Å². The van der Waals surface area contributed by atoms with Crippen LogP contribution in [0.2, 0.25) is 0 Å². The van der Waals surface area contributed by atoms with Gasteiger partial charge in [-0.05, 0) is 71.3 Å². The number of allylic oxidation sites excluding steroid dienone is 2. The second-order valence-electron chi connectivity index (χ2n) is 9.20. The van der Waals surface area contributed by atoms with Gasteiger partial charge in [0.05, 0.1) is 0 Å². The molecule has 0 unspecified atom stereocenters. The minimum Gasteiger partial charge on any atom is -0.305 e. The van der Waals surface area contributed by atoms with Crippen molar-refractivity contribution >= 4 is 52.6 Å². The van der Waals surface area contributed by atoms with Crippen LogP contribution < -0.4 is 0 Å². The molecule has 0 N–H and O–H groups in total. The first-order valence-electron chi connectivity index (χ1n) is 13.4. The highest BCUT2D eigenvalue weighted by atomic mass is 32.1. The molecule has 0 fully saturated rings. The number of nitrogens with zero attached hydrogens (tertiary/aromatic N) is 2. The summed E-state index contributed by atoms with van der Waals surface area (Å²) >= 11 is 3.79. The minimum atomic E-state index is -2.60. The lowest BCUT2D eigenvalue weighted by atomic mass is 9.91. The number of hydrogen-bond donors (Lipinski definition) is 0. The Morgan fingerprint density at radius 1 is 0.514 bits per heavy atom. The maximum absolute atomic E-state index is 2.84. The van der Waals surface area contributed by atoms with E-state index in [-0.39, 0.29) is 0 Å². The topological polar surface area (TPSA) is 6.48 Å². The molecular weight excluding hydrogens is 505 g/mol. The van der Waals surface area contributed by atoms with Crippen LogP contribution in [0.25, 0.3) is 21.5 Å². The second-order valence-corrected chi connectivity index (χ2v) is 14.7. The van der Waals surface area contributed by atoms with Gasteiger partial charge in [-0.1, -0.05) is 100 Å². The SMILES string of the molecule is CCN(CC)[Si]1(N(CC)CC)C(c2cccs2)=C(c2ccccc2)C(c2ccccc2)=C1c1cccs1. The summed E-state index contributed by atoms with van der Waals surface area (Å²) in [5, 5.41) is 7.62. The Morgan fingerprint density at radius 3 is 1.19 bits per heavy atom. The van der Waals surface area contributed by atoms with Gasteiger partial charge in [-0.2, -0.15) is 0 Å². The summed E-state index contributed by atoms with van der Waals surface area (Å²) in [6.07, 6.45) is 0. The molecule has 0 bridgehead atoms. The van der Waals surface area contributed by atoms with E-state index in [4.69, 9.17) is 0 Å². The molecule has 1 aliphatic heterocycles. The van der Waals surface area contributed by atoms with E-state index in [9.17, 15) is 0 Å². The molecule has 37 heavy (non-hydrogen) atoms. The lowest BCUT2D eigenvalue weighted by molar-refractivity contribution is 0.376. The van der Waals surface area contributed by atoms with Crippen molar-refractivity contribution in [3.8, 4) is 0 Å². The molecule has 0 aliphatic carbocycles. The monoisotopic (exact) mass is 540 g/mol. The molecule has 2 aromatic heterocycles. The van der Waals surface area contributed by atoms with Gasteiger partial charge in [-0.25, -0.2) is 0 Å². The van der Waals surface area contributed by atoms with Gasteiger partial charge in [0, 0.05) is 20.1 Å². The highest BCUT2D eigenvalue weighted by Crippen LogP contribution is 2.58. The van der Waals surface area contributed by atoms with Gasteiger partial charge in [-0.15, -0.1) is 22.7 Å². The fourth-order valence-electron chi connectivity index (χ4n) is 6.14. The molecule has 5 rings (SSSR count). The molecule has 0 saturated heterocycles. The van der Waals surface area contributed by atoms with Crippen molar-refractivity contribution in [2.45, 2.75) is 27.7 Å². The maximum atomic E-state index is 2.84. The van der Waals surface area contributed by atoms with Crippen molar-refractivity contribution in [3.63, 3.8) is 0 Å². The Kier molecular flexibility index (Phi) is 8.08. The van der Waals surface area contributed by atoms with Crippen LogP contribution in [-0.4, -0.2) is 43.7 Å². The summed E-state index contributed by atoms with van der Waals surface area (Å²) < 4.78 is 5.67. The van der Waals surface area contributed by atoms with Gasteiger partial charge < -0.3 is 9.13 Å². The number of rotatable bonds is 10. The number of benzene rings is 2. The normalized spacial score (nSPS) is 15.4. The van der Waals surface area contributed by atoms with E-state index in [1.807, 2.05) is 22.7 Å². The first-order chi connectivity index (χ1) is 18.2. The van der Waals surface area contributed by atoms with Crippen LogP contribution in [0.4, 0.5) is 0 Å². The summed E-state index contributed by atoms with van der Waals surface area (Å²) in [6.45, 7) is 13.5. The molecule has 0 saturated carbocycles. The van der Waals surface area contributed by atoms with Crippen LogP contribution in [0.5, 0.6) is 0 Å². The Labute approximate surface area is 231 Å². The van der Waals surface area contributed by atoms with Crippen molar-refractivity contribution < 1.29 is 0 Å². The average molecular weight is 541 g/mol. The molecule has 2 nitrogen and oxygen atoms in total. The third-order valence-electron chi connectivity index (χ3n) is 7.55. The Morgan fingerprint density at radius 2 is 0.892 bits per heavy atom. The molecular formula is C32H36N2S2Si. The number of thiophene rings is 2. The Hall–Kier alpha value is -2.54. The van der Waals surface area contributed by atoms with Gasteiger partial charge in [0.15, 0.2) is 0 Å². The molecule has 0 atom stereocenters. The largest absolute Gasteiger partial charge is 0.305 e. The standard InChI is InChI=1S/C32H36N2S2Si/c1-5-33(6-2)37(34(7-3)8-4)31(27-21-15-23-35-27)29(25-17-11-9-12-18-25)30(26-19-13-10-14-20-26)32(37)28-22-16-24-36-28/h9-24H,5-8H2,1-4H3. The zero-order chi connectivity index (χ0) is 25.8. The molecule has 0 spiro atoms. The summed E-state index contributed by atoms with van der Waals surface area (Å²) in [4.78, 5) is 2.81. The zero-order valence-corrected chi connectivity index (χ0v) is 24.9. The molecule has 2 aromatic carbocycles. The van der Waals surface area contributed by atoms with Crippen molar-refractivity contribution in [1.82, 2.24) is 9.13 Å². The predicted molar refractivity (Wildman–Crippen MR) is 167 cm³/mol. The third-order valence-corrected chi connectivity index (χ3v) is 15.2. The molecule has 3 heterocycles. The van der Waals surface area contributed by atoms with Crippen LogP contribution in [0.3, 0.4) is 0 Å². The van der Waals surface area contributed by atoms with E-state index in [0.717, 1.165) is 26.2 Å². The predicted octanol–water partition coefficient (Wildman–Crippen LogP) is 8.55. The summed E-state index contributed by atoms with van der Waals surface area (Å²) in [5.41, 5.74) is 5.46. The highest BCUT2D eigenvalue weighted by molar-refractivity contribution is 7.22. The molecule has 0 amide bonds. The van der Waals surface area contributed by atoms with Gasteiger partial charge in [-0.3, -0.25) is 0 Å². The quantitative estimate of drug-likeness (QED) is 0.186. The van der Waals surface area contributed by atoms with Crippen molar-refractivity contribution in [2.75, 3.05) is 26.2 Å². The second kappa shape index (κ2) is 11.5. The molecule has 1 aliphatic rings. The van der Waals surface area contributed by atoms with E-state index < -0.39 is 8.40 Å². The van der Waals surface area contributed by atoms with Gasteiger partial charge >= 0.3 is 0 Å². The average Bonchev–Trinajstić information content (AvgIpc) is 3.71. The van der Waals surface area contributed by atoms with Crippen molar-refractivity contribution in [1.29, 1.82) is 0 Å². The minimum absolute atomic E-state index is 1.02. The lowest BCUT2D eigenvalue weighted by Crippen LogP contribution is -2.66. The lowest BCUT2D eigenvalue weighted by Gasteiger charge is -2.49. The van der Waals surface area contributed by atoms with Crippen LogP contribution in [-0.2, 0) is 0 Å². The first-order valence-corrected chi connectivity index (χ1v) is 17.1. The van der Waals surface area contributed by atoms with Gasteiger partial charge in [0.25, 0.3) is 8.40 Å². The fourth-order valence-corrected chi connectivity index (χ4v) is 14.5. The van der Waals surface area contributed by atoms with Gasteiger partial charge in [0.2, 0.25) is 0 Å². The molecule has 4 aromatic rings. The maximum Gasteiger partial charge on any atom is 0.276 e. The van der Waals surface area contributed by atoms with E-state index in [2.05, 4.69) is 133 Å². The molecule has 190 valence electrons. The van der Waals surface area contributed by atoms with Crippen LogP contribution in [0, 0.1) is 0 Å². The first kappa shape index (κ1) is 26.1. The van der Waals surface area contributed by atoms with E-state index in [1.54, 1.807) is 10.4 Å². The van der Waals surface area contributed by atoms with E-state index >= 15 is 0 Å². The van der Waals surface area contributed by atoms with E-state index in [1.165, 1.54) is 32.0 Å².